The van der Waals surface area contributed by atoms with Crippen molar-refractivity contribution in [2.75, 3.05) is 17.6 Å². The van der Waals surface area contributed by atoms with E-state index >= 15 is 0 Å². The van der Waals surface area contributed by atoms with Crippen LogP contribution in [0.15, 0.2) is 42.5 Å². The number of aromatic carboxylic acids is 1. The Labute approximate surface area is 118 Å². The van der Waals surface area contributed by atoms with Gasteiger partial charge in [-0.3, -0.25) is 0 Å². The van der Waals surface area contributed by atoms with Crippen molar-refractivity contribution in [2.45, 2.75) is 13.3 Å². The molecular formula is C16H18N2O2. The lowest BCUT2D eigenvalue weighted by molar-refractivity contribution is 0.0697. The number of carboxylic acid groups (broad SMARTS) is 1. The number of rotatable bonds is 5. The number of hydrogen-bond acceptors (Lipinski definition) is 3. The molecule has 0 fully saturated rings. The van der Waals surface area contributed by atoms with Crippen molar-refractivity contribution >= 4 is 17.3 Å². The minimum Gasteiger partial charge on any atom is -0.478 e. The van der Waals surface area contributed by atoms with Crippen LogP contribution in [0.25, 0.3) is 0 Å². The average Bonchev–Trinajstić information content (AvgIpc) is 2.42. The van der Waals surface area contributed by atoms with Gasteiger partial charge >= 0.3 is 5.97 Å². The molecule has 2 rings (SSSR count). The summed E-state index contributed by atoms with van der Waals surface area (Å²) in [5, 5.41) is 12.1. The van der Waals surface area contributed by atoms with Crippen LogP contribution in [0.3, 0.4) is 0 Å². The largest absolute Gasteiger partial charge is 0.478 e. The normalized spacial score (nSPS) is 10.2. The second-order valence-corrected chi connectivity index (χ2v) is 4.71. The molecule has 0 aliphatic carbocycles. The zero-order valence-electron chi connectivity index (χ0n) is 11.4. The molecule has 2 aromatic carbocycles. The van der Waals surface area contributed by atoms with Gasteiger partial charge in [-0.2, -0.15) is 0 Å². The van der Waals surface area contributed by atoms with Crippen molar-refractivity contribution in [2.24, 2.45) is 0 Å². The van der Waals surface area contributed by atoms with Crippen LogP contribution >= 0.6 is 0 Å². The summed E-state index contributed by atoms with van der Waals surface area (Å²) in [7, 11) is 0. The topological polar surface area (TPSA) is 75.3 Å². The van der Waals surface area contributed by atoms with E-state index in [1.54, 1.807) is 12.1 Å². The van der Waals surface area contributed by atoms with E-state index in [1.165, 1.54) is 17.2 Å². The minimum absolute atomic E-state index is 0.201. The highest BCUT2D eigenvalue weighted by molar-refractivity contribution is 5.90. The molecule has 4 heteroatoms. The molecule has 0 aromatic heterocycles. The number of nitrogen functional groups attached to an aromatic ring is 1. The fourth-order valence-electron chi connectivity index (χ4n) is 2.08. The molecule has 0 bridgehead atoms. The molecule has 4 nitrogen and oxygen atoms in total. The van der Waals surface area contributed by atoms with Gasteiger partial charge in [0.25, 0.3) is 0 Å². The molecule has 20 heavy (non-hydrogen) atoms. The first-order valence-electron chi connectivity index (χ1n) is 6.49. The van der Waals surface area contributed by atoms with Crippen molar-refractivity contribution in [1.82, 2.24) is 0 Å². The number of nitrogens with one attached hydrogen (secondary N) is 1. The van der Waals surface area contributed by atoms with Crippen LogP contribution in [0.4, 0.5) is 11.4 Å². The Hall–Kier alpha value is -2.49. The summed E-state index contributed by atoms with van der Waals surface area (Å²) in [6.07, 6.45) is 0.896. The number of nitrogens with two attached hydrogens (primary N) is 1. The van der Waals surface area contributed by atoms with Crippen LogP contribution in [0.5, 0.6) is 0 Å². The predicted molar refractivity (Wildman–Crippen MR) is 81.2 cm³/mol. The van der Waals surface area contributed by atoms with Gasteiger partial charge in [-0.25, -0.2) is 4.79 Å². The second-order valence-electron chi connectivity index (χ2n) is 4.71. The fraction of sp³-hybridized carbons (Fsp3) is 0.188. The highest BCUT2D eigenvalue weighted by Crippen LogP contribution is 2.20. The SMILES string of the molecule is Cc1ccccc1CCNc1ccc(C(=O)O)cc1N. The zero-order valence-corrected chi connectivity index (χ0v) is 11.4. The van der Waals surface area contributed by atoms with E-state index in [0.717, 1.165) is 18.7 Å². The summed E-state index contributed by atoms with van der Waals surface area (Å²) < 4.78 is 0. The zero-order chi connectivity index (χ0) is 14.5. The standard InChI is InChI=1S/C16H18N2O2/c1-11-4-2-3-5-12(11)8-9-18-15-7-6-13(16(19)20)10-14(15)17/h2-7,10,18H,8-9,17H2,1H3,(H,19,20). The van der Waals surface area contributed by atoms with Crippen LogP contribution in [-0.4, -0.2) is 17.6 Å². The summed E-state index contributed by atoms with van der Waals surface area (Å²) in [4.78, 5) is 10.8. The predicted octanol–water partition coefficient (Wildman–Crippen LogP) is 2.93. The molecule has 0 spiro atoms. The third-order valence-electron chi connectivity index (χ3n) is 3.27. The van der Waals surface area contributed by atoms with Crippen LogP contribution < -0.4 is 11.1 Å². The summed E-state index contributed by atoms with van der Waals surface area (Å²) >= 11 is 0. The van der Waals surface area contributed by atoms with Gasteiger partial charge in [0.1, 0.15) is 0 Å². The average molecular weight is 270 g/mol. The maximum Gasteiger partial charge on any atom is 0.335 e. The maximum absolute atomic E-state index is 10.8. The van der Waals surface area contributed by atoms with E-state index in [4.69, 9.17) is 10.8 Å². The van der Waals surface area contributed by atoms with Gasteiger partial charge in [0, 0.05) is 6.54 Å². The first-order valence-corrected chi connectivity index (χ1v) is 6.49. The summed E-state index contributed by atoms with van der Waals surface area (Å²) in [6.45, 7) is 2.84. The summed E-state index contributed by atoms with van der Waals surface area (Å²) in [6, 6.07) is 13.0. The molecule has 0 saturated carbocycles. The number of benzene rings is 2. The van der Waals surface area contributed by atoms with Gasteiger partial charge < -0.3 is 16.2 Å². The van der Waals surface area contributed by atoms with E-state index in [1.807, 2.05) is 12.1 Å². The molecule has 0 saturated heterocycles. The molecule has 0 amide bonds. The third-order valence-corrected chi connectivity index (χ3v) is 3.27. The number of carbonyl (C=O) groups is 1. The summed E-state index contributed by atoms with van der Waals surface area (Å²) in [5.41, 5.74) is 9.82. The van der Waals surface area contributed by atoms with Crippen LogP contribution in [0.1, 0.15) is 21.5 Å². The van der Waals surface area contributed by atoms with Crippen LogP contribution in [0, 0.1) is 6.92 Å². The van der Waals surface area contributed by atoms with Crippen molar-refractivity contribution in [3.8, 4) is 0 Å². The first-order chi connectivity index (χ1) is 9.58. The Morgan fingerprint density at radius 3 is 2.65 bits per heavy atom. The molecule has 0 heterocycles. The Morgan fingerprint density at radius 1 is 1.25 bits per heavy atom. The molecule has 0 unspecified atom stereocenters. The fourth-order valence-corrected chi connectivity index (χ4v) is 2.08. The molecular weight excluding hydrogens is 252 g/mol. The van der Waals surface area contributed by atoms with E-state index in [-0.39, 0.29) is 5.56 Å². The molecule has 4 N–H and O–H groups in total. The van der Waals surface area contributed by atoms with Gasteiger partial charge in [0.2, 0.25) is 0 Å². The van der Waals surface area contributed by atoms with E-state index in [0.29, 0.717) is 5.69 Å². The van der Waals surface area contributed by atoms with Crippen molar-refractivity contribution in [3.63, 3.8) is 0 Å². The van der Waals surface area contributed by atoms with Crippen LogP contribution in [0.2, 0.25) is 0 Å². The lowest BCUT2D eigenvalue weighted by Crippen LogP contribution is -2.08. The monoisotopic (exact) mass is 270 g/mol. The highest BCUT2D eigenvalue weighted by atomic mass is 16.4. The Kier molecular flexibility index (Phi) is 4.25. The molecule has 0 aliphatic heterocycles. The van der Waals surface area contributed by atoms with Gasteiger partial charge in [0.05, 0.1) is 16.9 Å². The number of anilines is 2. The van der Waals surface area contributed by atoms with Crippen LogP contribution in [-0.2, 0) is 6.42 Å². The molecule has 2 aromatic rings. The van der Waals surface area contributed by atoms with Crippen molar-refractivity contribution < 1.29 is 9.90 Å². The van der Waals surface area contributed by atoms with E-state index in [2.05, 4.69) is 24.4 Å². The van der Waals surface area contributed by atoms with Crippen molar-refractivity contribution in [1.29, 1.82) is 0 Å². The Morgan fingerprint density at radius 2 is 2.00 bits per heavy atom. The number of carboxylic acids is 1. The van der Waals surface area contributed by atoms with Gasteiger partial charge in [-0.1, -0.05) is 24.3 Å². The maximum atomic E-state index is 10.8. The first kappa shape index (κ1) is 13.9. The number of hydrogen-bond donors (Lipinski definition) is 3. The second kappa shape index (κ2) is 6.10. The van der Waals surface area contributed by atoms with Gasteiger partial charge in [-0.15, -0.1) is 0 Å². The van der Waals surface area contributed by atoms with E-state index in [9.17, 15) is 4.79 Å². The lowest BCUT2D eigenvalue weighted by Gasteiger charge is -2.11. The molecule has 0 radical (unpaired) electrons. The quantitative estimate of drug-likeness (QED) is 0.730. The van der Waals surface area contributed by atoms with Gasteiger partial charge in [-0.05, 0) is 42.7 Å². The highest BCUT2D eigenvalue weighted by Gasteiger charge is 2.06. The van der Waals surface area contributed by atoms with E-state index < -0.39 is 5.97 Å². The number of aryl methyl sites for hydroxylation is 1. The third kappa shape index (κ3) is 3.29. The molecule has 0 atom stereocenters. The Bertz CT molecular complexity index is 624. The molecule has 104 valence electrons. The minimum atomic E-state index is -0.969. The Balaban J connectivity index is 1.98. The molecule has 0 aliphatic rings. The van der Waals surface area contributed by atoms with Gasteiger partial charge in [0.15, 0.2) is 0 Å². The lowest BCUT2D eigenvalue weighted by atomic mass is 10.1. The van der Waals surface area contributed by atoms with Crippen molar-refractivity contribution in [3.05, 3.63) is 59.2 Å². The smallest absolute Gasteiger partial charge is 0.335 e. The summed E-state index contributed by atoms with van der Waals surface area (Å²) in [5.74, 6) is -0.969.